The number of nitrogens with zero attached hydrogens (tertiary/aromatic N) is 2. The maximum Gasteiger partial charge on any atom is 0.0624 e. The summed E-state index contributed by atoms with van der Waals surface area (Å²) in [5, 5.41) is 8.33. The van der Waals surface area contributed by atoms with Crippen molar-refractivity contribution in [2.45, 2.75) is 79.8 Å². The minimum absolute atomic E-state index is 0.177. The van der Waals surface area contributed by atoms with Gasteiger partial charge in [-0.05, 0) is 58.4 Å². The summed E-state index contributed by atoms with van der Waals surface area (Å²) in [6.07, 6.45) is 3.28. The van der Waals surface area contributed by atoms with Gasteiger partial charge in [-0.2, -0.15) is 5.10 Å². The van der Waals surface area contributed by atoms with Gasteiger partial charge in [0.25, 0.3) is 0 Å². The third-order valence-corrected chi connectivity index (χ3v) is 4.08. The van der Waals surface area contributed by atoms with Gasteiger partial charge in [-0.3, -0.25) is 4.68 Å². The molecule has 1 unspecified atom stereocenters. The summed E-state index contributed by atoms with van der Waals surface area (Å²) in [5.74, 6) is 0. The molecule has 0 radical (unpaired) electrons. The van der Waals surface area contributed by atoms with Crippen molar-refractivity contribution < 1.29 is 0 Å². The molecule has 1 heterocycles. The second kappa shape index (κ2) is 6.75. The third-order valence-electron chi connectivity index (χ3n) is 4.08. The van der Waals surface area contributed by atoms with Crippen molar-refractivity contribution >= 4 is 0 Å². The van der Waals surface area contributed by atoms with E-state index in [2.05, 4.69) is 69.6 Å². The Hall–Kier alpha value is -0.830. The molecule has 0 aromatic carbocycles. The predicted octanol–water partition coefficient (Wildman–Crippen LogP) is 3.81. The Bertz CT molecular complexity index is 414. The summed E-state index contributed by atoms with van der Waals surface area (Å²) in [4.78, 5) is 0. The highest BCUT2D eigenvalue weighted by Gasteiger charge is 2.26. The summed E-state index contributed by atoms with van der Waals surface area (Å²) < 4.78 is 2.17. The molecule has 1 rings (SSSR count). The Kier molecular flexibility index (Phi) is 5.81. The van der Waals surface area contributed by atoms with E-state index in [-0.39, 0.29) is 11.0 Å². The number of aryl methyl sites for hydroxylation is 2. The highest BCUT2D eigenvalue weighted by molar-refractivity contribution is 5.12. The molecule has 3 nitrogen and oxygen atoms in total. The van der Waals surface area contributed by atoms with Crippen LogP contribution < -0.4 is 5.32 Å². The van der Waals surface area contributed by atoms with Gasteiger partial charge in [0.05, 0.1) is 5.69 Å². The zero-order valence-corrected chi connectivity index (χ0v) is 14.5. The Morgan fingerprint density at radius 3 is 2.25 bits per heavy atom. The van der Waals surface area contributed by atoms with E-state index in [4.69, 9.17) is 0 Å². The fraction of sp³-hybridized carbons (Fsp3) is 0.824. The SMILES string of the molecule is CCc1cc(CC(C)(CC)CNC(C)(C)C)n(CC)n1. The molecule has 1 atom stereocenters. The zero-order valence-electron chi connectivity index (χ0n) is 14.5. The largest absolute Gasteiger partial charge is 0.312 e. The van der Waals surface area contributed by atoms with Gasteiger partial charge in [-0.1, -0.05) is 20.8 Å². The van der Waals surface area contributed by atoms with Crippen LogP contribution in [0, 0.1) is 5.41 Å². The summed E-state index contributed by atoms with van der Waals surface area (Å²) in [5.41, 5.74) is 3.05. The molecule has 3 heteroatoms. The van der Waals surface area contributed by atoms with Crippen LogP contribution in [0.25, 0.3) is 0 Å². The lowest BCUT2D eigenvalue weighted by molar-refractivity contribution is 0.249. The normalized spacial score (nSPS) is 15.3. The standard InChI is InChI=1S/C17H33N3/c1-8-14-11-15(20(10-3)19-14)12-17(7,9-2)13-18-16(4,5)6/h11,18H,8-10,12-13H2,1-7H3. The maximum atomic E-state index is 4.67. The Labute approximate surface area is 125 Å². The van der Waals surface area contributed by atoms with Crippen molar-refractivity contribution in [3.8, 4) is 0 Å². The first kappa shape index (κ1) is 17.2. The van der Waals surface area contributed by atoms with Crippen LogP contribution in [0.3, 0.4) is 0 Å². The van der Waals surface area contributed by atoms with E-state index in [9.17, 15) is 0 Å². The number of nitrogens with one attached hydrogen (secondary N) is 1. The topological polar surface area (TPSA) is 29.9 Å². The lowest BCUT2D eigenvalue weighted by Crippen LogP contribution is -2.43. The number of aromatic nitrogens is 2. The van der Waals surface area contributed by atoms with Gasteiger partial charge in [-0.15, -0.1) is 0 Å². The van der Waals surface area contributed by atoms with Crippen molar-refractivity contribution in [1.82, 2.24) is 15.1 Å². The summed E-state index contributed by atoms with van der Waals surface area (Å²) >= 11 is 0. The first-order chi connectivity index (χ1) is 9.23. The highest BCUT2D eigenvalue weighted by atomic mass is 15.3. The second-order valence-electron chi connectivity index (χ2n) is 7.24. The lowest BCUT2D eigenvalue weighted by atomic mass is 9.82. The van der Waals surface area contributed by atoms with Crippen molar-refractivity contribution in [1.29, 1.82) is 0 Å². The van der Waals surface area contributed by atoms with Gasteiger partial charge in [0.2, 0.25) is 0 Å². The predicted molar refractivity (Wildman–Crippen MR) is 87.1 cm³/mol. The zero-order chi connectivity index (χ0) is 15.4. The maximum absolute atomic E-state index is 4.67. The van der Waals surface area contributed by atoms with E-state index >= 15 is 0 Å². The van der Waals surface area contributed by atoms with Crippen LogP contribution in [-0.4, -0.2) is 21.9 Å². The molecular formula is C17H33N3. The number of hydrogen-bond donors (Lipinski definition) is 1. The molecule has 20 heavy (non-hydrogen) atoms. The summed E-state index contributed by atoms with van der Waals surface area (Å²) in [6, 6.07) is 2.29. The summed E-state index contributed by atoms with van der Waals surface area (Å²) in [6.45, 7) is 17.7. The lowest BCUT2D eigenvalue weighted by Gasteiger charge is -2.33. The van der Waals surface area contributed by atoms with Crippen LogP contribution in [0.2, 0.25) is 0 Å². The van der Waals surface area contributed by atoms with E-state index < -0.39 is 0 Å². The van der Waals surface area contributed by atoms with Gasteiger partial charge in [-0.25, -0.2) is 0 Å². The molecule has 0 spiro atoms. The van der Waals surface area contributed by atoms with Crippen LogP contribution in [0.4, 0.5) is 0 Å². The average molecular weight is 279 g/mol. The number of hydrogen-bond acceptors (Lipinski definition) is 2. The Morgan fingerprint density at radius 2 is 1.80 bits per heavy atom. The van der Waals surface area contributed by atoms with Crippen molar-refractivity contribution in [2.24, 2.45) is 5.41 Å². The molecule has 0 aliphatic heterocycles. The smallest absolute Gasteiger partial charge is 0.0624 e. The molecule has 0 saturated carbocycles. The molecule has 0 saturated heterocycles. The van der Waals surface area contributed by atoms with Crippen LogP contribution >= 0.6 is 0 Å². The van der Waals surface area contributed by atoms with Gasteiger partial charge in [0, 0.05) is 24.3 Å². The van der Waals surface area contributed by atoms with Crippen molar-refractivity contribution in [3.05, 3.63) is 17.5 Å². The van der Waals surface area contributed by atoms with E-state index in [1.165, 1.54) is 17.8 Å². The molecule has 1 N–H and O–H groups in total. The van der Waals surface area contributed by atoms with Gasteiger partial charge in [0.1, 0.15) is 0 Å². The minimum Gasteiger partial charge on any atom is -0.312 e. The second-order valence-corrected chi connectivity index (χ2v) is 7.24. The molecule has 0 fully saturated rings. The fourth-order valence-electron chi connectivity index (χ4n) is 2.33. The van der Waals surface area contributed by atoms with Crippen LogP contribution in [0.15, 0.2) is 6.07 Å². The summed E-state index contributed by atoms with van der Waals surface area (Å²) in [7, 11) is 0. The first-order valence-electron chi connectivity index (χ1n) is 8.03. The van der Waals surface area contributed by atoms with E-state index in [0.29, 0.717) is 0 Å². The van der Waals surface area contributed by atoms with E-state index in [1.807, 2.05) is 0 Å². The number of rotatable bonds is 7. The Morgan fingerprint density at radius 1 is 1.15 bits per heavy atom. The molecule has 0 aliphatic rings. The third kappa shape index (κ3) is 4.93. The molecule has 0 aliphatic carbocycles. The van der Waals surface area contributed by atoms with Gasteiger partial charge < -0.3 is 5.32 Å². The van der Waals surface area contributed by atoms with Gasteiger partial charge in [0.15, 0.2) is 0 Å². The molecule has 1 aromatic rings. The van der Waals surface area contributed by atoms with Crippen molar-refractivity contribution in [2.75, 3.05) is 6.54 Å². The average Bonchev–Trinajstić information content (AvgIpc) is 2.78. The van der Waals surface area contributed by atoms with Crippen LogP contribution in [0.1, 0.15) is 66.3 Å². The van der Waals surface area contributed by atoms with Gasteiger partial charge >= 0.3 is 0 Å². The quantitative estimate of drug-likeness (QED) is 0.822. The molecule has 0 amide bonds. The highest BCUT2D eigenvalue weighted by Crippen LogP contribution is 2.27. The van der Waals surface area contributed by atoms with E-state index in [1.54, 1.807) is 0 Å². The minimum atomic E-state index is 0.177. The van der Waals surface area contributed by atoms with E-state index in [0.717, 1.165) is 25.9 Å². The first-order valence-corrected chi connectivity index (χ1v) is 8.03. The monoisotopic (exact) mass is 279 g/mol. The molecule has 1 aromatic heterocycles. The van der Waals surface area contributed by atoms with Crippen molar-refractivity contribution in [3.63, 3.8) is 0 Å². The van der Waals surface area contributed by atoms with Crippen LogP contribution in [0.5, 0.6) is 0 Å². The molecule has 116 valence electrons. The molecule has 0 bridgehead atoms. The fourth-order valence-corrected chi connectivity index (χ4v) is 2.33. The van der Waals surface area contributed by atoms with Crippen LogP contribution in [-0.2, 0) is 19.4 Å². The Balaban J connectivity index is 2.83. The molecular weight excluding hydrogens is 246 g/mol.